The van der Waals surface area contributed by atoms with Crippen molar-refractivity contribution in [2.75, 3.05) is 32.8 Å². The molecule has 0 atom stereocenters. The molecule has 262 valence electrons. The SMILES string of the molecule is CC(C)COC(=O)c1[nH]c2ccc(F)cc2c1-c1cn(CC2CCN(CCNS(=O)(=O)c3ccc(C4=CCC(F)(F)CC4)cc3)CC2)nn1. The van der Waals surface area contributed by atoms with Gasteiger partial charge in [-0.05, 0) is 85.7 Å². The maximum absolute atomic E-state index is 14.2. The normalized spacial score (nSPS) is 17.5. The first-order valence-electron chi connectivity index (χ1n) is 16.6. The van der Waals surface area contributed by atoms with Crippen molar-refractivity contribution in [3.63, 3.8) is 0 Å². The molecule has 1 saturated heterocycles. The molecule has 2 aromatic heterocycles. The highest BCUT2D eigenvalue weighted by molar-refractivity contribution is 7.89. The number of benzene rings is 2. The number of alkyl halides is 2. The Hall–Kier alpha value is -4.01. The van der Waals surface area contributed by atoms with Gasteiger partial charge in [-0.1, -0.05) is 37.3 Å². The molecule has 10 nitrogen and oxygen atoms in total. The van der Waals surface area contributed by atoms with Gasteiger partial charge in [0, 0.05) is 48.9 Å². The molecule has 0 bridgehead atoms. The van der Waals surface area contributed by atoms with Gasteiger partial charge in [0.05, 0.1) is 17.7 Å². The van der Waals surface area contributed by atoms with Gasteiger partial charge in [-0.25, -0.2) is 31.1 Å². The summed E-state index contributed by atoms with van der Waals surface area (Å²) in [7, 11) is -3.71. The average molecular weight is 699 g/mol. The van der Waals surface area contributed by atoms with Gasteiger partial charge < -0.3 is 14.6 Å². The van der Waals surface area contributed by atoms with Crippen molar-refractivity contribution < 1.29 is 31.1 Å². The molecule has 2 aromatic carbocycles. The summed E-state index contributed by atoms with van der Waals surface area (Å²) in [5.41, 5.74) is 3.29. The summed E-state index contributed by atoms with van der Waals surface area (Å²) in [6, 6.07) is 10.7. The van der Waals surface area contributed by atoms with Crippen molar-refractivity contribution in [2.45, 2.75) is 63.3 Å². The van der Waals surface area contributed by atoms with E-state index in [1.165, 1.54) is 30.3 Å². The number of nitrogens with one attached hydrogen (secondary N) is 2. The fraction of sp³-hybridized carbons (Fsp3) is 0.457. The van der Waals surface area contributed by atoms with E-state index < -0.39 is 27.7 Å². The summed E-state index contributed by atoms with van der Waals surface area (Å²) >= 11 is 0. The second-order valence-corrected chi connectivity index (χ2v) is 15.1. The van der Waals surface area contributed by atoms with E-state index in [1.807, 2.05) is 13.8 Å². The Morgan fingerprint density at radius 1 is 1.14 bits per heavy atom. The fourth-order valence-corrected chi connectivity index (χ4v) is 7.40. The average Bonchev–Trinajstić information content (AvgIpc) is 3.68. The zero-order valence-corrected chi connectivity index (χ0v) is 28.4. The number of esters is 1. The van der Waals surface area contributed by atoms with Gasteiger partial charge in [-0.3, -0.25) is 4.68 Å². The summed E-state index contributed by atoms with van der Waals surface area (Å²) < 4.78 is 76.8. The number of rotatable bonds is 12. The van der Waals surface area contributed by atoms with E-state index in [0.29, 0.717) is 41.2 Å². The van der Waals surface area contributed by atoms with Crippen LogP contribution in [-0.4, -0.2) is 78.0 Å². The van der Waals surface area contributed by atoms with Crippen LogP contribution < -0.4 is 4.72 Å². The van der Waals surface area contributed by atoms with E-state index in [2.05, 4.69) is 24.9 Å². The van der Waals surface area contributed by atoms with Crippen LogP contribution in [0.15, 0.2) is 59.6 Å². The number of carbonyl (C=O) groups excluding carboxylic acids is 1. The molecule has 2 N–H and O–H groups in total. The van der Waals surface area contributed by atoms with E-state index in [9.17, 15) is 26.4 Å². The zero-order chi connectivity index (χ0) is 34.8. The molecule has 1 aliphatic carbocycles. The zero-order valence-electron chi connectivity index (χ0n) is 27.6. The Morgan fingerprint density at radius 2 is 1.90 bits per heavy atom. The highest BCUT2D eigenvalue weighted by Gasteiger charge is 2.31. The lowest BCUT2D eigenvalue weighted by Crippen LogP contribution is -2.40. The number of ether oxygens (including phenoxy) is 1. The first kappa shape index (κ1) is 34.8. The molecule has 0 unspecified atom stereocenters. The molecule has 4 aromatic rings. The van der Waals surface area contributed by atoms with E-state index in [-0.39, 0.29) is 48.9 Å². The number of sulfonamides is 1. The third kappa shape index (κ3) is 8.42. The predicted octanol–water partition coefficient (Wildman–Crippen LogP) is 6.27. The second-order valence-electron chi connectivity index (χ2n) is 13.4. The fourth-order valence-electron chi connectivity index (χ4n) is 6.38. The molecule has 6 rings (SSSR count). The first-order chi connectivity index (χ1) is 23.4. The van der Waals surface area contributed by atoms with Gasteiger partial charge in [0.15, 0.2) is 0 Å². The number of H-pyrrole nitrogens is 1. The monoisotopic (exact) mass is 698 g/mol. The number of aromatic nitrogens is 4. The Balaban J connectivity index is 1.00. The largest absolute Gasteiger partial charge is 0.461 e. The minimum Gasteiger partial charge on any atom is -0.461 e. The van der Waals surface area contributed by atoms with Gasteiger partial charge in [0.25, 0.3) is 5.92 Å². The van der Waals surface area contributed by atoms with Crippen LogP contribution in [0.3, 0.4) is 0 Å². The van der Waals surface area contributed by atoms with E-state index in [1.54, 1.807) is 29.1 Å². The summed E-state index contributed by atoms with van der Waals surface area (Å²) in [6.45, 7) is 7.17. The third-order valence-electron chi connectivity index (χ3n) is 9.12. The molecule has 0 saturated carbocycles. The molecule has 14 heteroatoms. The predicted molar refractivity (Wildman–Crippen MR) is 180 cm³/mol. The van der Waals surface area contributed by atoms with Crippen LogP contribution >= 0.6 is 0 Å². The quantitative estimate of drug-likeness (QED) is 0.167. The van der Waals surface area contributed by atoms with Crippen LogP contribution in [0.25, 0.3) is 27.7 Å². The van der Waals surface area contributed by atoms with Crippen molar-refractivity contribution in [3.8, 4) is 11.3 Å². The van der Waals surface area contributed by atoms with Gasteiger partial charge in [-0.15, -0.1) is 5.10 Å². The van der Waals surface area contributed by atoms with Crippen LogP contribution in [0.5, 0.6) is 0 Å². The maximum atomic E-state index is 14.2. The second kappa shape index (κ2) is 14.5. The van der Waals surface area contributed by atoms with E-state index in [4.69, 9.17) is 4.74 Å². The lowest BCUT2D eigenvalue weighted by atomic mass is 9.91. The number of allylic oxidation sites excluding steroid dienone is 2. The van der Waals surface area contributed by atoms with Crippen LogP contribution in [0.1, 0.15) is 62.0 Å². The van der Waals surface area contributed by atoms with Crippen LogP contribution in [0, 0.1) is 17.7 Å². The molecule has 0 radical (unpaired) electrons. The lowest BCUT2D eigenvalue weighted by molar-refractivity contribution is -0.00604. The molecule has 1 fully saturated rings. The lowest BCUT2D eigenvalue weighted by Gasteiger charge is -2.31. The number of nitrogens with zero attached hydrogens (tertiary/aromatic N) is 4. The number of fused-ring (bicyclic) bond motifs is 1. The molecule has 0 amide bonds. The number of likely N-dealkylation sites (tertiary alicyclic amines) is 1. The Bertz CT molecular complexity index is 1930. The number of carbonyl (C=O) groups is 1. The van der Waals surface area contributed by atoms with Crippen LogP contribution in [0.4, 0.5) is 13.2 Å². The third-order valence-corrected chi connectivity index (χ3v) is 10.6. The number of hydrogen-bond donors (Lipinski definition) is 2. The van der Waals surface area contributed by atoms with E-state index in [0.717, 1.165) is 37.1 Å². The van der Waals surface area contributed by atoms with Crippen molar-refractivity contribution in [1.29, 1.82) is 0 Å². The molecular formula is C35H41F3N6O4S. The molecule has 2 aliphatic rings. The smallest absolute Gasteiger partial charge is 0.355 e. The van der Waals surface area contributed by atoms with Gasteiger partial charge in [0.1, 0.15) is 17.2 Å². The van der Waals surface area contributed by atoms with Crippen LogP contribution in [0.2, 0.25) is 0 Å². The summed E-state index contributed by atoms with van der Waals surface area (Å²) in [5, 5.41) is 9.18. The van der Waals surface area contributed by atoms with Gasteiger partial charge >= 0.3 is 5.97 Å². The number of piperidine rings is 1. The number of aromatic amines is 1. The Labute approximate surface area is 283 Å². The molecule has 0 spiro atoms. The van der Waals surface area contributed by atoms with Crippen LogP contribution in [-0.2, 0) is 21.3 Å². The topological polar surface area (TPSA) is 122 Å². The summed E-state index contributed by atoms with van der Waals surface area (Å²) in [4.78, 5) is 18.4. The Morgan fingerprint density at radius 3 is 2.59 bits per heavy atom. The van der Waals surface area contributed by atoms with Gasteiger partial charge in [-0.2, -0.15) is 0 Å². The van der Waals surface area contributed by atoms with Crippen molar-refractivity contribution >= 4 is 32.5 Å². The van der Waals surface area contributed by atoms with Crippen molar-refractivity contribution in [2.24, 2.45) is 11.8 Å². The standard InChI is InChI=1S/C35H41F3N6O4S/c1-23(2)22-48-34(45)33-32(29-19-27(36)5-8-30(29)40-33)31-21-44(42-41-31)20-24-11-16-43(17-12-24)18-15-39-49(46,47)28-6-3-25(4-7-28)26-9-13-35(37,38)14-10-26/h3-9,19,21,23-24,39-40H,10-18,20,22H2,1-2H3. The van der Waals surface area contributed by atoms with E-state index >= 15 is 0 Å². The van der Waals surface area contributed by atoms with Gasteiger partial charge in [0.2, 0.25) is 10.0 Å². The number of hydrogen-bond acceptors (Lipinski definition) is 7. The van der Waals surface area contributed by atoms with Crippen molar-refractivity contribution in [3.05, 3.63) is 71.8 Å². The number of halogens is 3. The minimum atomic E-state index is -3.71. The molecule has 49 heavy (non-hydrogen) atoms. The van der Waals surface area contributed by atoms with Crippen molar-refractivity contribution in [1.82, 2.24) is 29.6 Å². The highest BCUT2D eigenvalue weighted by atomic mass is 32.2. The first-order valence-corrected chi connectivity index (χ1v) is 18.1. The summed E-state index contributed by atoms with van der Waals surface area (Å²) in [5.74, 6) is -3.16. The Kier molecular flexibility index (Phi) is 10.3. The summed E-state index contributed by atoms with van der Waals surface area (Å²) in [6.07, 6.45) is 4.84. The maximum Gasteiger partial charge on any atom is 0.355 e. The molecule has 1 aliphatic heterocycles. The molecule has 3 heterocycles. The molecular weight excluding hydrogens is 657 g/mol. The highest BCUT2D eigenvalue weighted by Crippen LogP contribution is 2.36. The minimum absolute atomic E-state index is 0.140.